The van der Waals surface area contributed by atoms with Gasteiger partial charge in [-0.25, -0.2) is 13.4 Å². The molecule has 3 aromatic rings. The molecular weight excluding hydrogens is 609 g/mol. The van der Waals surface area contributed by atoms with E-state index < -0.39 is 10.0 Å². The van der Waals surface area contributed by atoms with E-state index in [4.69, 9.17) is 4.98 Å². The number of sulfonamides is 1. The molecule has 2 aliphatic heterocycles. The maximum Gasteiger partial charge on any atom is 0.253 e. The summed E-state index contributed by atoms with van der Waals surface area (Å²) in [6, 6.07) is 12.9. The lowest BCUT2D eigenvalue weighted by atomic mass is 10.1. The number of nitrogens with one attached hydrogen (secondary N) is 1. The van der Waals surface area contributed by atoms with Crippen LogP contribution in [-0.4, -0.2) is 83.8 Å². The maximum atomic E-state index is 13.9. The molecule has 3 heterocycles. The third kappa shape index (κ3) is 9.36. The summed E-state index contributed by atoms with van der Waals surface area (Å²) in [4.78, 5) is 23.8. The van der Waals surface area contributed by atoms with Gasteiger partial charge in [-0.05, 0) is 119 Å². The molecule has 2 saturated heterocycles. The highest BCUT2D eigenvalue weighted by molar-refractivity contribution is 7.89. The number of hydrogen-bond donors (Lipinski definition) is 1. The Bertz CT molecular complexity index is 1540. The van der Waals surface area contributed by atoms with Crippen molar-refractivity contribution in [1.29, 1.82) is 0 Å². The predicted molar refractivity (Wildman–Crippen MR) is 192 cm³/mol. The van der Waals surface area contributed by atoms with Gasteiger partial charge in [0.2, 0.25) is 16.0 Å². The zero-order valence-corrected chi connectivity index (χ0v) is 29.9. The van der Waals surface area contributed by atoms with Crippen molar-refractivity contribution in [2.24, 2.45) is 11.8 Å². The number of piperidine rings is 2. The number of aryl methyl sites for hydroxylation is 1. The lowest BCUT2D eigenvalue weighted by Crippen LogP contribution is -2.35. The Morgan fingerprint density at radius 2 is 1.45 bits per heavy atom. The van der Waals surface area contributed by atoms with Gasteiger partial charge in [-0.3, -0.25) is 4.79 Å². The van der Waals surface area contributed by atoms with Crippen molar-refractivity contribution in [3.8, 4) is 0 Å². The van der Waals surface area contributed by atoms with Gasteiger partial charge in [0.25, 0.3) is 5.91 Å². The number of carbonyl (C=O) groups excluding carboxylic acids is 1. The van der Waals surface area contributed by atoms with Crippen LogP contribution in [0.2, 0.25) is 0 Å². The first-order chi connectivity index (χ1) is 22.6. The number of aromatic nitrogens is 2. The van der Waals surface area contributed by atoms with Crippen LogP contribution in [0.15, 0.2) is 47.4 Å². The van der Waals surface area contributed by atoms with Gasteiger partial charge in [0.1, 0.15) is 0 Å². The number of benzene rings is 2. The van der Waals surface area contributed by atoms with Crippen LogP contribution in [0, 0.1) is 11.8 Å². The summed E-state index contributed by atoms with van der Waals surface area (Å²) in [7, 11) is -3.50. The normalized spacial score (nSPS) is 16.7. The number of amides is 1. The highest BCUT2D eigenvalue weighted by Crippen LogP contribution is 2.27. The molecule has 0 atom stereocenters. The van der Waals surface area contributed by atoms with Gasteiger partial charge >= 0.3 is 0 Å². The van der Waals surface area contributed by atoms with E-state index in [1.54, 1.807) is 16.4 Å². The summed E-state index contributed by atoms with van der Waals surface area (Å²) >= 11 is 0. The first kappa shape index (κ1) is 35.4. The van der Waals surface area contributed by atoms with Gasteiger partial charge in [-0.2, -0.15) is 4.31 Å². The van der Waals surface area contributed by atoms with Crippen molar-refractivity contribution in [2.45, 2.75) is 96.9 Å². The summed E-state index contributed by atoms with van der Waals surface area (Å²) in [5, 5.41) is 3.48. The van der Waals surface area contributed by atoms with Crippen molar-refractivity contribution in [1.82, 2.24) is 23.7 Å². The Kier molecular flexibility index (Phi) is 12.4. The van der Waals surface area contributed by atoms with Crippen molar-refractivity contribution in [3.63, 3.8) is 0 Å². The van der Waals surface area contributed by atoms with E-state index in [2.05, 4.69) is 42.5 Å². The summed E-state index contributed by atoms with van der Waals surface area (Å²) in [5.41, 5.74) is 3.25. The van der Waals surface area contributed by atoms with E-state index >= 15 is 0 Å². The van der Waals surface area contributed by atoms with E-state index in [0.29, 0.717) is 41.3 Å². The first-order valence-corrected chi connectivity index (χ1v) is 19.4. The van der Waals surface area contributed by atoms with Gasteiger partial charge in [0, 0.05) is 44.0 Å². The fraction of sp³-hybridized carbons (Fsp3) is 0.622. The monoisotopic (exact) mass is 664 g/mol. The molecular formula is C37H56N6O3S. The van der Waals surface area contributed by atoms with Gasteiger partial charge in [0.05, 0.1) is 15.9 Å². The number of likely N-dealkylation sites (tertiary alicyclic amines) is 1. The Balaban J connectivity index is 1.40. The average Bonchev–Trinajstić information content (AvgIpc) is 3.41. The van der Waals surface area contributed by atoms with Crippen LogP contribution >= 0.6 is 0 Å². The van der Waals surface area contributed by atoms with Crippen LogP contribution in [0.5, 0.6) is 0 Å². The standard InChI is InChI=1S/C37H56N6O3S/c1-29(2)18-26-41(27-19-30(3)4)36(44)31-12-17-34-35(28-31)43(25-11-22-40-20-7-5-8-21-40)37(39-34)38-32-13-15-33(16-14-32)47(45,46)42-23-9-6-10-24-42/h12-17,28-30H,5-11,18-27H2,1-4H3,(H,38,39). The number of rotatable bonds is 15. The minimum absolute atomic E-state index is 0.0780. The summed E-state index contributed by atoms with van der Waals surface area (Å²) in [6.07, 6.45) is 9.68. The molecule has 0 bridgehead atoms. The van der Waals surface area contributed by atoms with Gasteiger partial charge in [-0.1, -0.05) is 40.5 Å². The Morgan fingerprint density at radius 3 is 2.06 bits per heavy atom. The smallest absolute Gasteiger partial charge is 0.253 e. The molecule has 1 aromatic heterocycles. The maximum absolute atomic E-state index is 13.9. The second kappa shape index (κ2) is 16.4. The van der Waals surface area contributed by atoms with E-state index in [0.717, 1.165) is 94.5 Å². The van der Waals surface area contributed by atoms with Crippen LogP contribution in [0.1, 0.15) is 95.8 Å². The molecule has 1 amide bonds. The fourth-order valence-corrected chi connectivity index (χ4v) is 8.15. The van der Waals surface area contributed by atoms with Gasteiger partial charge in [-0.15, -0.1) is 0 Å². The third-order valence-corrected chi connectivity index (χ3v) is 11.5. The minimum atomic E-state index is -3.50. The topological polar surface area (TPSA) is 90.8 Å². The number of imidazole rings is 1. The molecule has 2 aliphatic rings. The highest BCUT2D eigenvalue weighted by atomic mass is 32.2. The zero-order chi connectivity index (χ0) is 33.4. The minimum Gasteiger partial charge on any atom is -0.339 e. The number of anilines is 2. The van der Waals surface area contributed by atoms with E-state index in [1.165, 1.54) is 19.3 Å². The van der Waals surface area contributed by atoms with Gasteiger partial charge < -0.3 is 19.7 Å². The molecule has 2 fully saturated rings. The Morgan fingerprint density at radius 1 is 0.830 bits per heavy atom. The van der Waals surface area contributed by atoms with Crippen LogP contribution < -0.4 is 5.32 Å². The molecule has 2 aromatic carbocycles. The fourth-order valence-electron chi connectivity index (χ4n) is 6.63. The molecule has 5 rings (SSSR count). The van der Waals surface area contributed by atoms with Crippen molar-refractivity contribution < 1.29 is 13.2 Å². The van der Waals surface area contributed by atoms with Crippen molar-refractivity contribution in [2.75, 3.05) is 51.1 Å². The third-order valence-electron chi connectivity index (χ3n) is 9.60. The molecule has 0 radical (unpaired) electrons. The molecule has 9 nitrogen and oxygen atoms in total. The Hall–Kier alpha value is -2.95. The summed E-state index contributed by atoms with van der Waals surface area (Å²) in [5.74, 6) is 1.84. The Labute approximate surface area is 282 Å². The van der Waals surface area contributed by atoms with E-state index in [1.807, 2.05) is 35.2 Å². The van der Waals surface area contributed by atoms with Crippen molar-refractivity contribution in [3.05, 3.63) is 48.0 Å². The molecule has 0 unspecified atom stereocenters. The van der Waals surface area contributed by atoms with E-state index in [9.17, 15) is 13.2 Å². The van der Waals surface area contributed by atoms with Crippen LogP contribution in [0.3, 0.4) is 0 Å². The number of nitrogens with zero attached hydrogens (tertiary/aromatic N) is 5. The lowest BCUT2D eigenvalue weighted by Gasteiger charge is -2.26. The molecule has 10 heteroatoms. The quantitative estimate of drug-likeness (QED) is 0.183. The average molecular weight is 665 g/mol. The zero-order valence-electron chi connectivity index (χ0n) is 29.1. The molecule has 0 aliphatic carbocycles. The molecule has 0 spiro atoms. The summed E-state index contributed by atoms with van der Waals surface area (Å²) < 4.78 is 30.2. The number of carbonyl (C=O) groups is 1. The van der Waals surface area contributed by atoms with E-state index in [-0.39, 0.29) is 5.91 Å². The number of fused-ring (bicyclic) bond motifs is 1. The van der Waals surface area contributed by atoms with Crippen molar-refractivity contribution >= 4 is 38.6 Å². The summed E-state index contributed by atoms with van der Waals surface area (Å²) in [6.45, 7) is 15.6. The molecule has 258 valence electrons. The molecule has 1 N–H and O–H groups in total. The highest BCUT2D eigenvalue weighted by Gasteiger charge is 2.26. The molecule has 0 saturated carbocycles. The number of hydrogen-bond acceptors (Lipinski definition) is 6. The van der Waals surface area contributed by atoms with Crippen LogP contribution in [0.25, 0.3) is 11.0 Å². The largest absolute Gasteiger partial charge is 0.339 e. The second-order valence-electron chi connectivity index (χ2n) is 14.3. The van der Waals surface area contributed by atoms with Gasteiger partial charge in [0.15, 0.2) is 0 Å². The van der Waals surface area contributed by atoms with Crippen LogP contribution in [0.4, 0.5) is 11.6 Å². The SMILES string of the molecule is CC(C)CCN(CCC(C)C)C(=O)c1ccc2nc(Nc3ccc(S(=O)(=O)N4CCCCC4)cc3)n(CCCN3CCCCC3)c2c1. The first-order valence-electron chi connectivity index (χ1n) is 18.0. The predicted octanol–water partition coefficient (Wildman–Crippen LogP) is 7.36. The lowest BCUT2D eigenvalue weighted by molar-refractivity contribution is 0.0741. The second-order valence-corrected chi connectivity index (χ2v) is 16.3. The molecule has 47 heavy (non-hydrogen) atoms. The van der Waals surface area contributed by atoms with Crippen LogP contribution in [-0.2, 0) is 16.6 Å².